The molecule has 2 aromatic carbocycles. The minimum Gasteiger partial charge on any atom is -0.329 e. The van der Waals surface area contributed by atoms with E-state index >= 15 is 0 Å². The fourth-order valence-corrected chi connectivity index (χ4v) is 5.06. The Morgan fingerprint density at radius 2 is 1.96 bits per heavy atom. The summed E-state index contributed by atoms with van der Waals surface area (Å²) in [5.41, 5.74) is 2.17. The lowest BCUT2D eigenvalue weighted by Crippen LogP contribution is -2.39. The Bertz CT molecular complexity index is 910. The van der Waals surface area contributed by atoms with Gasteiger partial charge in [-0.1, -0.05) is 54.2 Å². The van der Waals surface area contributed by atoms with Gasteiger partial charge in [0.15, 0.2) is 5.16 Å². The SMILES string of the molecule is Cn1ccnc1SCC(=O)N1c2ccccc2SCC1c1ccccc1. The first kappa shape index (κ1) is 17.2. The Labute approximate surface area is 161 Å². The van der Waals surface area contributed by atoms with E-state index in [0.717, 1.165) is 21.5 Å². The highest BCUT2D eigenvalue weighted by Gasteiger charge is 2.32. The van der Waals surface area contributed by atoms with E-state index in [1.807, 2.05) is 70.9 Å². The van der Waals surface area contributed by atoms with Gasteiger partial charge in [0, 0.05) is 30.1 Å². The van der Waals surface area contributed by atoms with Crippen molar-refractivity contribution in [3.8, 4) is 0 Å². The van der Waals surface area contributed by atoms with Gasteiger partial charge in [0.25, 0.3) is 0 Å². The van der Waals surface area contributed by atoms with Crippen LogP contribution in [0.5, 0.6) is 0 Å². The Hall–Kier alpha value is -2.18. The minimum atomic E-state index is 0.0468. The van der Waals surface area contributed by atoms with Crippen LogP contribution >= 0.6 is 23.5 Å². The number of carbonyl (C=O) groups excluding carboxylic acids is 1. The number of carbonyl (C=O) groups is 1. The van der Waals surface area contributed by atoms with Gasteiger partial charge in [0.1, 0.15) is 0 Å². The number of amides is 1. The average Bonchev–Trinajstić information content (AvgIpc) is 3.10. The molecule has 0 spiro atoms. The number of benzene rings is 2. The van der Waals surface area contributed by atoms with Crippen LogP contribution in [-0.4, -0.2) is 27.0 Å². The van der Waals surface area contributed by atoms with Crippen LogP contribution in [0.3, 0.4) is 0 Å². The van der Waals surface area contributed by atoms with Crippen LogP contribution in [0.1, 0.15) is 11.6 Å². The van der Waals surface area contributed by atoms with Crippen molar-refractivity contribution >= 4 is 35.1 Å². The molecule has 1 atom stereocenters. The summed E-state index contributed by atoms with van der Waals surface area (Å²) in [6.07, 6.45) is 3.65. The van der Waals surface area contributed by atoms with E-state index in [-0.39, 0.29) is 11.9 Å². The molecule has 0 saturated carbocycles. The summed E-state index contributed by atoms with van der Waals surface area (Å²) >= 11 is 3.30. The van der Waals surface area contributed by atoms with Crippen LogP contribution in [0, 0.1) is 0 Å². The predicted octanol–water partition coefficient (Wildman–Crippen LogP) is 4.39. The third-order valence-electron chi connectivity index (χ3n) is 4.39. The lowest BCUT2D eigenvalue weighted by molar-refractivity contribution is -0.116. The Morgan fingerprint density at radius 3 is 2.73 bits per heavy atom. The van der Waals surface area contributed by atoms with Gasteiger partial charge in [0.05, 0.1) is 17.5 Å². The molecule has 1 aromatic heterocycles. The number of nitrogens with zero attached hydrogens (tertiary/aromatic N) is 3. The van der Waals surface area contributed by atoms with Crippen molar-refractivity contribution in [2.45, 2.75) is 16.1 Å². The lowest BCUT2D eigenvalue weighted by Gasteiger charge is -2.37. The molecule has 1 aliphatic heterocycles. The predicted molar refractivity (Wildman–Crippen MR) is 108 cm³/mol. The van der Waals surface area contributed by atoms with E-state index < -0.39 is 0 Å². The molecule has 6 heteroatoms. The van der Waals surface area contributed by atoms with Crippen molar-refractivity contribution in [1.29, 1.82) is 0 Å². The standard InChI is InChI=1S/C20H19N3OS2/c1-22-12-11-21-20(22)26-14-19(24)23-16-9-5-6-10-18(16)25-13-17(23)15-7-3-2-4-8-15/h2-12,17H,13-14H2,1H3. The third kappa shape index (κ3) is 3.39. The molecule has 26 heavy (non-hydrogen) atoms. The molecule has 4 nitrogen and oxygen atoms in total. The highest BCUT2D eigenvalue weighted by atomic mass is 32.2. The third-order valence-corrected chi connectivity index (χ3v) is 6.57. The second-order valence-electron chi connectivity index (χ2n) is 6.08. The molecule has 2 heterocycles. The quantitative estimate of drug-likeness (QED) is 0.628. The summed E-state index contributed by atoms with van der Waals surface area (Å²) in [4.78, 5) is 20.6. The van der Waals surface area contributed by atoms with E-state index in [9.17, 15) is 4.79 Å². The van der Waals surface area contributed by atoms with E-state index in [0.29, 0.717) is 5.75 Å². The van der Waals surface area contributed by atoms with Crippen LogP contribution in [0.2, 0.25) is 0 Å². The molecular weight excluding hydrogens is 362 g/mol. The van der Waals surface area contributed by atoms with Crippen molar-refractivity contribution in [1.82, 2.24) is 9.55 Å². The number of aryl methyl sites for hydroxylation is 1. The first-order valence-electron chi connectivity index (χ1n) is 8.43. The molecule has 0 radical (unpaired) electrons. The number of thioether (sulfide) groups is 2. The second kappa shape index (κ2) is 7.60. The molecule has 4 rings (SSSR count). The van der Waals surface area contributed by atoms with Gasteiger partial charge in [-0.25, -0.2) is 4.98 Å². The van der Waals surface area contributed by atoms with Crippen LogP contribution in [0.25, 0.3) is 0 Å². The number of hydrogen-bond donors (Lipinski definition) is 0. The van der Waals surface area contributed by atoms with Gasteiger partial charge in [-0.2, -0.15) is 0 Å². The summed E-state index contributed by atoms with van der Waals surface area (Å²) in [6.45, 7) is 0. The number of para-hydroxylation sites is 1. The summed E-state index contributed by atoms with van der Waals surface area (Å²) < 4.78 is 1.94. The molecule has 0 saturated heterocycles. The maximum Gasteiger partial charge on any atom is 0.238 e. The van der Waals surface area contributed by atoms with Gasteiger partial charge in [0.2, 0.25) is 5.91 Å². The van der Waals surface area contributed by atoms with Gasteiger partial charge in [-0.15, -0.1) is 11.8 Å². The molecule has 1 aliphatic rings. The number of rotatable bonds is 4. The highest BCUT2D eigenvalue weighted by Crippen LogP contribution is 2.43. The van der Waals surface area contributed by atoms with Crippen LogP contribution in [-0.2, 0) is 11.8 Å². The molecule has 3 aromatic rings. The number of imidazole rings is 1. The van der Waals surface area contributed by atoms with Crippen LogP contribution < -0.4 is 4.90 Å². The zero-order valence-corrected chi connectivity index (χ0v) is 16.0. The molecule has 0 N–H and O–H groups in total. The Morgan fingerprint density at radius 1 is 1.19 bits per heavy atom. The van der Waals surface area contributed by atoms with Crippen molar-refractivity contribution in [2.75, 3.05) is 16.4 Å². The van der Waals surface area contributed by atoms with Crippen molar-refractivity contribution < 1.29 is 4.79 Å². The maximum absolute atomic E-state index is 13.2. The summed E-state index contributed by atoms with van der Waals surface area (Å²) in [6, 6.07) is 18.5. The highest BCUT2D eigenvalue weighted by molar-refractivity contribution is 8.00. The number of anilines is 1. The Balaban J connectivity index is 1.64. The van der Waals surface area contributed by atoms with E-state index in [1.54, 1.807) is 6.20 Å². The molecule has 132 valence electrons. The second-order valence-corrected chi connectivity index (χ2v) is 8.08. The number of hydrogen-bond acceptors (Lipinski definition) is 4. The van der Waals surface area contributed by atoms with E-state index in [4.69, 9.17) is 0 Å². The average molecular weight is 382 g/mol. The normalized spacial score (nSPS) is 16.3. The molecular formula is C20H19N3OS2. The minimum absolute atomic E-state index is 0.0468. The van der Waals surface area contributed by atoms with Gasteiger partial charge < -0.3 is 9.47 Å². The molecule has 1 amide bonds. The lowest BCUT2D eigenvalue weighted by atomic mass is 10.1. The first-order valence-corrected chi connectivity index (χ1v) is 10.4. The molecule has 1 unspecified atom stereocenters. The zero-order chi connectivity index (χ0) is 17.9. The first-order chi connectivity index (χ1) is 12.7. The monoisotopic (exact) mass is 381 g/mol. The fraction of sp³-hybridized carbons (Fsp3) is 0.200. The van der Waals surface area contributed by atoms with Gasteiger partial charge in [-0.3, -0.25) is 4.79 Å². The maximum atomic E-state index is 13.2. The van der Waals surface area contributed by atoms with Crippen LogP contribution in [0.4, 0.5) is 5.69 Å². The van der Waals surface area contributed by atoms with E-state index in [1.165, 1.54) is 17.3 Å². The Kier molecular flexibility index (Phi) is 5.04. The van der Waals surface area contributed by atoms with Crippen molar-refractivity contribution in [3.63, 3.8) is 0 Å². The topological polar surface area (TPSA) is 38.1 Å². The number of fused-ring (bicyclic) bond motifs is 1. The van der Waals surface area contributed by atoms with Crippen molar-refractivity contribution in [2.24, 2.45) is 7.05 Å². The summed E-state index contributed by atoms with van der Waals surface area (Å²) in [5, 5.41) is 0.856. The summed E-state index contributed by atoms with van der Waals surface area (Å²) in [7, 11) is 1.94. The largest absolute Gasteiger partial charge is 0.329 e. The molecule has 0 fully saturated rings. The summed E-state index contributed by atoms with van der Waals surface area (Å²) in [5.74, 6) is 1.34. The van der Waals surface area contributed by atoms with Crippen molar-refractivity contribution in [3.05, 3.63) is 72.6 Å². The fourth-order valence-electron chi connectivity index (χ4n) is 3.10. The van der Waals surface area contributed by atoms with Gasteiger partial charge in [-0.05, 0) is 17.7 Å². The molecule has 0 bridgehead atoms. The number of aromatic nitrogens is 2. The molecule has 0 aliphatic carbocycles. The van der Waals surface area contributed by atoms with E-state index in [2.05, 4.69) is 23.2 Å². The van der Waals surface area contributed by atoms with Crippen LogP contribution in [0.15, 0.2) is 77.0 Å². The zero-order valence-electron chi connectivity index (χ0n) is 14.4. The smallest absolute Gasteiger partial charge is 0.238 e. The van der Waals surface area contributed by atoms with Gasteiger partial charge >= 0.3 is 0 Å².